The molecule has 1 aromatic rings. The van der Waals surface area contributed by atoms with Gasteiger partial charge >= 0.3 is 5.97 Å². The van der Waals surface area contributed by atoms with Gasteiger partial charge in [-0.05, 0) is 23.0 Å². The number of esters is 1. The minimum Gasteiger partial charge on any atom is -0.469 e. The first kappa shape index (κ1) is 12.8. The number of benzene rings is 1. The van der Waals surface area contributed by atoms with Crippen LogP contribution in [0.4, 0.5) is 0 Å². The van der Waals surface area contributed by atoms with Crippen LogP contribution in [0.3, 0.4) is 0 Å². The van der Waals surface area contributed by atoms with Crippen molar-refractivity contribution in [2.24, 2.45) is 0 Å². The second-order valence-electron chi connectivity index (χ2n) is 5.02. The van der Waals surface area contributed by atoms with Gasteiger partial charge in [0.15, 0.2) is 0 Å². The molecule has 0 radical (unpaired) electrons. The normalized spacial score (nSPS) is 11.2. The van der Waals surface area contributed by atoms with Crippen LogP contribution in [-0.2, 0) is 21.4 Å². The summed E-state index contributed by atoms with van der Waals surface area (Å²) < 4.78 is 4.61. The number of rotatable bonds is 3. The molecule has 2 heteroatoms. The van der Waals surface area contributed by atoms with Crippen molar-refractivity contribution in [1.82, 2.24) is 0 Å². The van der Waals surface area contributed by atoms with E-state index in [1.54, 1.807) is 0 Å². The molecule has 0 atom stereocenters. The van der Waals surface area contributed by atoms with Crippen LogP contribution in [0.2, 0.25) is 0 Å². The van der Waals surface area contributed by atoms with Gasteiger partial charge in [-0.2, -0.15) is 0 Å². The highest BCUT2D eigenvalue weighted by Gasteiger charge is 2.12. The van der Waals surface area contributed by atoms with Crippen LogP contribution >= 0.6 is 0 Å². The second-order valence-corrected chi connectivity index (χ2v) is 5.02. The molecule has 88 valence electrons. The Labute approximate surface area is 97.6 Å². The van der Waals surface area contributed by atoms with E-state index in [-0.39, 0.29) is 11.4 Å². The van der Waals surface area contributed by atoms with Gasteiger partial charge in [0, 0.05) is 6.42 Å². The van der Waals surface area contributed by atoms with Crippen LogP contribution in [0.15, 0.2) is 24.3 Å². The summed E-state index contributed by atoms with van der Waals surface area (Å²) >= 11 is 0. The van der Waals surface area contributed by atoms with E-state index >= 15 is 0 Å². The Balaban J connectivity index is 2.62. The number of methoxy groups -OCH3 is 1. The Morgan fingerprint density at radius 2 is 1.75 bits per heavy atom. The quantitative estimate of drug-likeness (QED) is 0.732. The van der Waals surface area contributed by atoms with E-state index in [0.29, 0.717) is 6.42 Å². The van der Waals surface area contributed by atoms with E-state index in [2.05, 4.69) is 49.8 Å². The van der Waals surface area contributed by atoms with Crippen molar-refractivity contribution in [3.63, 3.8) is 0 Å². The van der Waals surface area contributed by atoms with Gasteiger partial charge in [0.25, 0.3) is 0 Å². The lowest BCUT2D eigenvalue weighted by Crippen LogP contribution is -2.10. The van der Waals surface area contributed by atoms with E-state index in [1.165, 1.54) is 18.2 Å². The first-order valence-corrected chi connectivity index (χ1v) is 5.59. The highest BCUT2D eigenvalue weighted by molar-refractivity contribution is 5.69. The Kier molecular flexibility index (Phi) is 4.11. The summed E-state index contributed by atoms with van der Waals surface area (Å²) in [6, 6.07) is 8.44. The molecular formula is C14H20O2. The topological polar surface area (TPSA) is 26.3 Å². The molecule has 0 N–H and O–H groups in total. The summed E-state index contributed by atoms with van der Waals surface area (Å²) in [5, 5.41) is 0. The largest absolute Gasteiger partial charge is 0.469 e. The average molecular weight is 220 g/mol. The zero-order valence-electron chi connectivity index (χ0n) is 10.5. The molecule has 0 aliphatic heterocycles. The number of hydrogen-bond acceptors (Lipinski definition) is 2. The molecule has 0 aliphatic rings. The third-order valence-electron chi connectivity index (χ3n) is 2.67. The van der Waals surface area contributed by atoms with Crippen molar-refractivity contribution in [2.45, 2.75) is 39.0 Å². The number of ether oxygens (including phenoxy) is 1. The molecule has 1 aromatic carbocycles. The van der Waals surface area contributed by atoms with Crippen molar-refractivity contribution in [3.05, 3.63) is 35.4 Å². The second kappa shape index (κ2) is 5.15. The summed E-state index contributed by atoms with van der Waals surface area (Å²) in [5.74, 6) is -0.153. The number of aryl methyl sites for hydroxylation is 1. The van der Waals surface area contributed by atoms with Gasteiger partial charge in [0.2, 0.25) is 0 Å². The molecule has 0 spiro atoms. The smallest absolute Gasteiger partial charge is 0.305 e. The van der Waals surface area contributed by atoms with Crippen LogP contribution in [0.25, 0.3) is 0 Å². The average Bonchev–Trinajstić information content (AvgIpc) is 2.25. The number of carbonyl (C=O) groups is 1. The fraction of sp³-hybridized carbons (Fsp3) is 0.500. The molecule has 0 amide bonds. The maximum atomic E-state index is 11.0. The van der Waals surface area contributed by atoms with Gasteiger partial charge in [-0.25, -0.2) is 0 Å². The molecule has 0 aliphatic carbocycles. The standard InChI is InChI=1S/C14H20O2/c1-14(2,3)12-8-5-11(6-9-12)7-10-13(15)16-4/h5-6,8-9H,7,10H2,1-4H3. The van der Waals surface area contributed by atoms with E-state index < -0.39 is 0 Å². The first-order valence-electron chi connectivity index (χ1n) is 5.59. The minimum atomic E-state index is -0.153. The van der Waals surface area contributed by atoms with Gasteiger partial charge in [0.1, 0.15) is 0 Å². The fourth-order valence-electron chi connectivity index (χ4n) is 1.52. The molecular weight excluding hydrogens is 200 g/mol. The predicted octanol–water partition coefficient (Wildman–Crippen LogP) is 3.09. The van der Waals surface area contributed by atoms with Gasteiger partial charge in [0.05, 0.1) is 7.11 Å². The van der Waals surface area contributed by atoms with Crippen molar-refractivity contribution in [1.29, 1.82) is 0 Å². The maximum absolute atomic E-state index is 11.0. The Hall–Kier alpha value is -1.31. The third-order valence-corrected chi connectivity index (χ3v) is 2.67. The molecule has 0 heterocycles. The Morgan fingerprint density at radius 1 is 1.19 bits per heavy atom. The highest BCUT2D eigenvalue weighted by Crippen LogP contribution is 2.22. The summed E-state index contributed by atoms with van der Waals surface area (Å²) in [5.41, 5.74) is 2.67. The summed E-state index contributed by atoms with van der Waals surface area (Å²) in [4.78, 5) is 11.0. The molecule has 0 unspecified atom stereocenters. The lowest BCUT2D eigenvalue weighted by atomic mass is 9.86. The molecule has 2 nitrogen and oxygen atoms in total. The number of carbonyl (C=O) groups excluding carboxylic acids is 1. The van der Waals surface area contributed by atoms with Crippen LogP contribution < -0.4 is 0 Å². The van der Waals surface area contributed by atoms with Crippen molar-refractivity contribution in [2.75, 3.05) is 7.11 Å². The first-order chi connectivity index (χ1) is 7.43. The van der Waals surface area contributed by atoms with Crippen LogP contribution in [0.1, 0.15) is 38.3 Å². The monoisotopic (exact) mass is 220 g/mol. The van der Waals surface area contributed by atoms with Gasteiger partial charge < -0.3 is 4.74 Å². The molecule has 0 fully saturated rings. The van der Waals surface area contributed by atoms with Crippen molar-refractivity contribution < 1.29 is 9.53 Å². The summed E-state index contributed by atoms with van der Waals surface area (Å²) in [6.07, 6.45) is 1.20. The Bertz CT molecular complexity index is 344. The summed E-state index contributed by atoms with van der Waals surface area (Å²) in [7, 11) is 1.42. The minimum absolute atomic E-state index is 0.153. The van der Waals surface area contributed by atoms with Crippen molar-refractivity contribution >= 4 is 5.97 Å². The predicted molar refractivity (Wildman–Crippen MR) is 65.5 cm³/mol. The zero-order chi connectivity index (χ0) is 12.2. The van der Waals surface area contributed by atoms with E-state index in [1.807, 2.05) is 0 Å². The van der Waals surface area contributed by atoms with Gasteiger partial charge in [-0.3, -0.25) is 4.79 Å². The maximum Gasteiger partial charge on any atom is 0.305 e. The van der Waals surface area contributed by atoms with Gasteiger partial charge in [-0.1, -0.05) is 45.0 Å². The number of hydrogen-bond donors (Lipinski definition) is 0. The van der Waals surface area contributed by atoms with Crippen LogP contribution in [0, 0.1) is 0 Å². The lowest BCUT2D eigenvalue weighted by Gasteiger charge is -2.19. The van der Waals surface area contributed by atoms with E-state index in [0.717, 1.165) is 6.42 Å². The van der Waals surface area contributed by atoms with Gasteiger partial charge in [-0.15, -0.1) is 0 Å². The zero-order valence-corrected chi connectivity index (χ0v) is 10.5. The SMILES string of the molecule is COC(=O)CCc1ccc(C(C)(C)C)cc1. The van der Waals surface area contributed by atoms with E-state index in [4.69, 9.17) is 0 Å². The lowest BCUT2D eigenvalue weighted by molar-refractivity contribution is -0.140. The summed E-state index contributed by atoms with van der Waals surface area (Å²) in [6.45, 7) is 6.57. The molecule has 0 saturated carbocycles. The van der Waals surface area contributed by atoms with Crippen LogP contribution in [0.5, 0.6) is 0 Å². The van der Waals surface area contributed by atoms with Crippen LogP contribution in [-0.4, -0.2) is 13.1 Å². The van der Waals surface area contributed by atoms with Crippen molar-refractivity contribution in [3.8, 4) is 0 Å². The molecule has 0 aromatic heterocycles. The molecule has 0 bridgehead atoms. The molecule has 1 rings (SSSR count). The molecule has 16 heavy (non-hydrogen) atoms. The third kappa shape index (κ3) is 3.69. The fourth-order valence-corrected chi connectivity index (χ4v) is 1.52. The molecule has 0 saturated heterocycles. The Morgan fingerprint density at radius 3 is 2.19 bits per heavy atom. The van der Waals surface area contributed by atoms with E-state index in [9.17, 15) is 4.79 Å². The highest BCUT2D eigenvalue weighted by atomic mass is 16.5.